The molecule has 0 fully saturated rings. The summed E-state index contributed by atoms with van der Waals surface area (Å²) in [5.41, 5.74) is 2.79. The van der Waals surface area contributed by atoms with Gasteiger partial charge in [-0.2, -0.15) is 0 Å². The fourth-order valence-electron chi connectivity index (χ4n) is 1.65. The van der Waals surface area contributed by atoms with Crippen molar-refractivity contribution in [2.75, 3.05) is 5.75 Å². The average molecular weight is 264 g/mol. The maximum atomic E-state index is 10.6. The van der Waals surface area contributed by atoms with Gasteiger partial charge in [-0.1, -0.05) is 11.8 Å². The number of hydrogen-bond acceptors (Lipinski definition) is 5. The van der Waals surface area contributed by atoms with Gasteiger partial charge in [-0.3, -0.25) is 14.3 Å². The number of nitrogens with zero attached hydrogens (tertiary/aromatic N) is 4. The van der Waals surface area contributed by atoms with Crippen molar-refractivity contribution in [3.63, 3.8) is 0 Å². The molecule has 0 radical (unpaired) electrons. The van der Waals surface area contributed by atoms with E-state index in [2.05, 4.69) is 15.2 Å². The van der Waals surface area contributed by atoms with Crippen LogP contribution in [0.5, 0.6) is 0 Å². The molecule has 0 bridgehead atoms. The van der Waals surface area contributed by atoms with E-state index in [0.29, 0.717) is 5.16 Å². The lowest BCUT2D eigenvalue weighted by Crippen LogP contribution is -2.04. The van der Waals surface area contributed by atoms with Gasteiger partial charge in [0.05, 0.1) is 17.1 Å². The maximum Gasteiger partial charge on any atom is 0.313 e. The number of thioether (sulfide) groups is 1. The zero-order valence-electron chi connectivity index (χ0n) is 9.99. The molecule has 2 aromatic rings. The second-order valence-electron chi connectivity index (χ2n) is 3.73. The van der Waals surface area contributed by atoms with Gasteiger partial charge < -0.3 is 5.11 Å². The lowest BCUT2D eigenvalue weighted by Gasteiger charge is -2.10. The lowest BCUT2D eigenvalue weighted by atomic mass is 10.2. The van der Waals surface area contributed by atoms with E-state index >= 15 is 0 Å². The molecule has 0 aliphatic heterocycles. The quantitative estimate of drug-likeness (QED) is 0.842. The normalized spacial score (nSPS) is 10.6. The number of rotatable bonds is 4. The molecular weight excluding hydrogens is 252 g/mol. The number of pyridine rings is 1. The van der Waals surface area contributed by atoms with E-state index in [4.69, 9.17) is 5.11 Å². The van der Waals surface area contributed by atoms with Crippen molar-refractivity contribution in [1.29, 1.82) is 0 Å². The Morgan fingerprint density at radius 2 is 2.28 bits per heavy atom. The summed E-state index contributed by atoms with van der Waals surface area (Å²) < 4.78 is 1.77. The van der Waals surface area contributed by atoms with Gasteiger partial charge in [0.1, 0.15) is 6.33 Å². The molecule has 0 saturated carbocycles. The van der Waals surface area contributed by atoms with Crippen molar-refractivity contribution < 1.29 is 9.90 Å². The molecule has 7 heteroatoms. The van der Waals surface area contributed by atoms with Gasteiger partial charge in [0.25, 0.3) is 0 Å². The second kappa shape index (κ2) is 5.18. The van der Waals surface area contributed by atoms with Gasteiger partial charge in [-0.15, -0.1) is 10.2 Å². The van der Waals surface area contributed by atoms with Gasteiger partial charge in [-0.05, 0) is 25.5 Å². The third-order valence-corrected chi connectivity index (χ3v) is 3.32. The molecule has 94 valence electrons. The van der Waals surface area contributed by atoms with Gasteiger partial charge in [-0.25, -0.2) is 0 Å². The first-order chi connectivity index (χ1) is 8.59. The van der Waals surface area contributed by atoms with E-state index in [9.17, 15) is 4.79 Å². The van der Waals surface area contributed by atoms with Crippen LogP contribution in [0.2, 0.25) is 0 Å². The molecule has 2 rings (SSSR count). The Balaban J connectivity index is 2.39. The highest BCUT2D eigenvalue weighted by Crippen LogP contribution is 2.23. The predicted octanol–water partition coefficient (Wildman–Crippen LogP) is 1.46. The van der Waals surface area contributed by atoms with Gasteiger partial charge >= 0.3 is 5.97 Å². The number of carboxylic acid groups (broad SMARTS) is 1. The molecule has 0 spiro atoms. The Morgan fingerprint density at radius 1 is 1.50 bits per heavy atom. The zero-order valence-corrected chi connectivity index (χ0v) is 10.8. The van der Waals surface area contributed by atoms with E-state index in [1.54, 1.807) is 17.1 Å². The van der Waals surface area contributed by atoms with Crippen LogP contribution in [0, 0.1) is 13.8 Å². The monoisotopic (exact) mass is 264 g/mol. The van der Waals surface area contributed by atoms with Crippen molar-refractivity contribution >= 4 is 17.7 Å². The number of aliphatic carboxylic acids is 1. The van der Waals surface area contributed by atoms with E-state index < -0.39 is 5.97 Å². The minimum absolute atomic E-state index is 0.0446. The molecule has 1 N–H and O–H groups in total. The Labute approximate surface area is 108 Å². The fourth-order valence-corrected chi connectivity index (χ4v) is 2.29. The SMILES string of the molecule is Cc1ccnc(C)c1-n1cnnc1SCC(=O)O. The van der Waals surface area contributed by atoms with Crippen LogP contribution in [0.4, 0.5) is 0 Å². The third-order valence-electron chi connectivity index (χ3n) is 2.39. The Bertz CT molecular complexity index is 562. The first kappa shape index (κ1) is 12.6. The molecule has 2 heterocycles. The molecule has 6 nitrogen and oxygen atoms in total. The topological polar surface area (TPSA) is 80.9 Å². The summed E-state index contributed by atoms with van der Waals surface area (Å²) in [6.45, 7) is 3.86. The number of aromatic nitrogens is 4. The van der Waals surface area contributed by atoms with E-state index in [0.717, 1.165) is 28.7 Å². The average Bonchev–Trinajstić information content (AvgIpc) is 2.74. The van der Waals surface area contributed by atoms with Crippen LogP contribution in [0.1, 0.15) is 11.3 Å². The molecular formula is C11H12N4O2S. The smallest absolute Gasteiger partial charge is 0.313 e. The van der Waals surface area contributed by atoms with Crippen molar-refractivity contribution in [3.8, 4) is 5.69 Å². The summed E-state index contributed by atoms with van der Waals surface area (Å²) >= 11 is 1.14. The number of hydrogen-bond donors (Lipinski definition) is 1. The fraction of sp³-hybridized carbons (Fsp3) is 0.273. The second-order valence-corrected chi connectivity index (χ2v) is 4.67. The van der Waals surface area contributed by atoms with E-state index in [-0.39, 0.29) is 5.75 Å². The van der Waals surface area contributed by atoms with Crippen molar-refractivity contribution in [1.82, 2.24) is 19.7 Å². The standard InChI is InChI=1S/C11H12N4O2S/c1-7-3-4-12-8(2)10(7)15-6-13-14-11(15)18-5-9(16)17/h3-4,6H,5H2,1-2H3,(H,16,17). The maximum absolute atomic E-state index is 10.6. The molecule has 0 unspecified atom stereocenters. The molecule has 18 heavy (non-hydrogen) atoms. The Hall–Kier alpha value is -1.89. The van der Waals surface area contributed by atoms with Crippen LogP contribution in [0.3, 0.4) is 0 Å². The molecule has 0 aromatic carbocycles. The van der Waals surface area contributed by atoms with E-state index in [1.165, 1.54) is 0 Å². The highest BCUT2D eigenvalue weighted by Gasteiger charge is 2.13. The molecule has 0 amide bonds. The minimum atomic E-state index is -0.880. The van der Waals surface area contributed by atoms with Crippen molar-refractivity contribution in [2.45, 2.75) is 19.0 Å². The predicted molar refractivity (Wildman–Crippen MR) is 67.0 cm³/mol. The van der Waals surface area contributed by atoms with Crippen LogP contribution in [-0.2, 0) is 4.79 Å². The number of aryl methyl sites for hydroxylation is 2. The van der Waals surface area contributed by atoms with Gasteiger partial charge in [0.2, 0.25) is 0 Å². The first-order valence-corrected chi connectivity index (χ1v) is 6.25. The number of carboxylic acids is 1. The molecule has 0 aliphatic carbocycles. The van der Waals surface area contributed by atoms with Crippen LogP contribution < -0.4 is 0 Å². The summed E-state index contributed by atoms with van der Waals surface area (Å²) in [5, 5.41) is 17.0. The Kier molecular flexibility index (Phi) is 3.61. The van der Waals surface area contributed by atoms with Crippen LogP contribution in [0.25, 0.3) is 5.69 Å². The van der Waals surface area contributed by atoms with E-state index in [1.807, 2.05) is 19.9 Å². The number of carbonyl (C=O) groups is 1. The molecule has 2 aromatic heterocycles. The third kappa shape index (κ3) is 2.51. The highest BCUT2D eigenvalue weighted by atomic mass is 32.2. The van der Waals surface area contributed by atoms with Crippen LogP contribution in [0.15, 0.2) is 23.7 Å². The van der Waals surface area contributed by atoms with Crippen molar-refractivity contribution in [2.24, 2.45) is 0 Å². The summed E-state index contributed by atoms with van der Waals surface area (Å²) in [4.78, 5) is 14.8. The Morgan fingerprint density at radius 3 is 2.94 bits per heavy atom. The van der Waals surface area contributed by atoms with Crippen LogP contribution in [-0.4, -0.2) is 36.6 Å². The highest BCUT2D eigenvalue weighted by molar-refractivity contribution is 7.99. The van der Waals surface area contributed by atoms with Gasteiger partial charge in [0, 0.05) is 6.20 Å². The zero-order chi connectivity index (χ0) is 13.1. The minimum Gasteiger partial charge on any atom is -0.481 e. The summed E-state index contributed by atoms with van der Waals surface area (Å²) in [5.74, 6) is -0.925. The summed E-state index contributed by atoms with van der Waals surface area (Å²) in [6.07, 6.45) is 3.31. The van der Waals surface area contributed by atoms with Crippen molar-refractivity contribution in [3.05, 3.63) is 29.8 Å². The largest absolute Gasteiger partial charge is 0.481 e. The first-order valence-electron chi connectivity index (χ1n) is 5.27. The van der Waals surface area contributed by atoms with Gasteiger partial charge in [0.15, 0.2) is 5.16 Å². The summed E-state index contributed by atoms with van der Waals surface area (Å²) in [6, 6.07) is 1.90. The molecule has 0 saturated heterocycles. The summed E-state index contributed by atoms with van der Waals surface area (Å²) in [7, 11) is 0. The molecule has 0 aliphatic rings. The molecule has 0 atom stereocenters. The van der Waals surface area contributed by atoms with Crippen LogP contribution >= 0.6 is 11.8 Å². The lowest BCUT2D eigenvalue weighted by molar-refractivity contribution is -0.133.